The van der Waals surface area contributed by atoms with Crippen molar-refractivity contribution in [3.63, 3.8) is 0 Å². The molecule has 1 aliphatic carbocycles. The molecule has 0 aliphatic heterocycles. The van der Waals surface area contributed by atoms with Gasteiger partial charge in [-0.3, -0.25) is 4.90 Å². The van der Waals surface area contributed by atoms with Gasteiger partial charge in [-0.15, -0.1) is 0 Å². The minimum absolute atomic E-state index is 0.0709. The Bertz CT molecular complexity index is 290. The van der Waals surface area contributed by atoms with Crippen LogP contribution in [0.5, 0.6) is 0 Å². The lowest BCUT2D eigenvalue weighted by Crippen LogP contribution is -2.62. The lowest BCUT2D eigenvalue weighted by Gasteiger charge is -2.38. The summed E-state index contributed by atoms with van der Waals surface area (Å²) in [5.41, 5.74) is -0.509. The van der Waals surface area contributed by atoms with Gasteiger partial charge in [0.05, 0.1) is 6.61 Å². The molecule has 0 amide bonds. The molecule has 0 heterocycles. The van der Waals surface area contributed by atoms with Crippen molar-refractivity contribution < 1.29 is 9.53 Å². The largest absolute Gasteiger partial charge is 0.465 e. The molecular formula is C15H30N2O2. The third-order valence-electron chi connectivity index (χ3n) is 4.00. The molecule has 1 unspecified atom stereocenters. The minimum atomic E-state index is -0.509. The first-order valence-corrected chi connectivity index (χ1v) is 7.68. The van der Waals surface area contributed by atoms with E-state index in [-0.39, 0.29) is 5.97 Å². The van der Waals surface area contributed by atoms with E-state index < -0.39 is 5.54 Å². The van der Waals surface area contributed by atoms with Crippen molar-refractivity contribution in [1.29, 1.82) is 0 Å². The molecule has 1 N–H and O–H groups in total. The van der Waals surface area contributed by atoms with E-state index in [1.54, 1.807) is 0 Å². The van der Waals surface area contributed by atoms with Crippen LogP contribution in [-0.2, 0) is 9.53 Å². The van der Waals surface area contributed by atoms with Gasteiger partial charge < -0.3 is 10.1 Å². The summed E-state index contributed by atoms with van der Waals surface area (Å²) in [6.07, 6.45) is 2.25. The number of carbonyl (C=O) groups excluding carboxylic acids is 1. The molecule has 1 rings (SSSR count). The molecule has 0 radical (unpaired) electrons. The zero-order valence-electron chi connectivity index (χ0n) is 13.2. The van der Waals surface area contributed by atoms with Crippen LogP contribution in [0, 0.1) is 5.92 Å². The third-order valence-corrected chi connectivity index (χ3v) is 4.00. The summed E-state index contributed by atoms with van der Waals surface area (Å²) in [4.78, 5) is 14.8. The molecule has 4 heteroatoms. The Kier molecular flexibility index (Phi) is 6.27. The highest BCUT2D eigenvalue weighted by Crippen LogP contribution is 2.41. The summed E-state index contributed by atoms with van der Waals surface area (Å²) in [7, 11) is 0. The molecule has 0 aromatic carbocycles. The first-order chi connectivity index (χ1) is 9.01. The van der Waals surface area contributed by atoms with Gasteiger partial charge in [-0.1, -0.05) is 13.8 Å². The van der Waals surface area contributed by atoms with Crippen molar-refractivity contribution in [1.82, 2.24) is 10.2 Å². The Morgan fingerprint density at radius 1 is 1.37 bits per heavy atom. The Morgan fingerprint density at radius 3 is 2.37 bits per heavy atom. The summed E-state index contributed by atoms with van der Waals surface area (Å²) < 4.78 is 5.36. The number of likely N-dealkylation sites (N-methyl/N-ethyl adjacent to an activating group) is 2. The van der Waals surface area contributed by atoms with Gasteiger partial charge >= 0.3 is 5.97 Å². The molecule has 1 fully saturated rings. The van der Waals surface area contributed by atoms with Gasteiger partial charge in [-0.05, 0) is 52.6 Å². The number of nitrogens with zero attached hydrogens (tertiary/aromatic N) is 1. The molecule has 4 nitrogen and oxygen atoms in total. The van der Waals surface area contributed by atoms with Crippen molar-refractivity contribution >= 4 is 5.97 Å². The zero-order chi connectivity index (χ0) is 14.5. The molecule has 0 spiro atoms. The van der Waals surface area contributed by atoms with Gasteiger partial charge in [0.1, 0.15) is 5.54 Å². The highest BCUT2D eigenvalue weighted by Gasteiger charge is 2.52. The van der Waals surface area contributed by atoms with Gasteiger partial charge in [0, 0.05) is 12.6 Å². The second-order valence-corrected chi connectivity index (χ2v) is 5.65. The van der Waals surface area contributed by atoms with Gasteiger partial charge in [0.2, 0.25) is 0 Å². The molecule has 0 aromatic rings. The van der Waals surface area contributed by atoms with E-state index in [1.165, 1.54) is 0 Å². The van der Waals surface area contributed by atoms with Crippen LogP contribution in [0.1, 0.15) is 47.5 Å². The second-order valence-electron chi connectivity index (χ2n) is 5.65. The fourth-order valence-electron chi connectivity index (χ4n) is 2.76. The molecular weight excluding hydrogens is 240 g/mol. The van der Waals surface area contributed by atoms with Crippen LogP contribution in [0.4, 0.5) is 0 Å². The lowest BCUT2D eigenvalue weighted by atomic mass is 9.91. The summed E-state index contributed by atoms with van der Waals surface area (Å²) >= 11 is 0. The fourth-order valence-corrected chi connectivity index (χ4v) is 2.76. The molecule has 0 aromatic heterocycles. The molecule has 0 saturated heterocycles. The van der Waals surface area contributed by atoms with Crippen LogP contribution in [0.25, 0.3) is 0 Å². The normalized spacial score (nSPS) is 18.7. The van der Waals surface area contributed by atoms with E-state index >= 15 is 0 Å². The second kappa shape index (κ2) is 7.25. The quantitative estimate of drug-likeness (QED) is 0.651. The van der Waals surface area contributed by atoms with Gasteiger partial charge in [0.25, 0.3) is 0 Å². The number of esters is 1. The van der Waals surface area contributed by atoms with Crippen molar-refractivity contribution in [3.8, 4) is 0 Å². The minimum Gasteiger partial charge on any atom is -0.465 e. The highest BCUT2D eigenvalue weighted by molar-refractivity contribution is 5.82. The summed E-state index contributed by atoms with van der Waals surface area (Å²) in [6.45, 7) is 13.4. The topological polar surface area (TPSA) is 41.6 Å². The highest BCUT2D eigenvalue weighted by atomic mass is 16.5. The molecule has 112 valence electrons. The number of ether oxygens (including phenoxy) is 1. The van der Waals surface area contributed by atoms with Gasteiger partial charge in [0.15, 0.2) is 0 Å². The maximum Gasteiger partial charge on any atom is 0.327 e. The molecule has 19 heavy (non-hydrogen) atoms. The van der Waals surface area contributed by atoms with Crippen molar-refractivity contribution in [2.75, 3.05) is 26.2 Å². The van der Waals surface area contributed by atoms with Crippen molar-refractivity contribution in [2.45, 2.75) is 59.0 Å². The fraction of sp³-hybridized carbons (Fsp3) is 0.933. The molecule has 1 atom stereocenters. The number of hydrogen-bond acceptors (Lipinski definition) is 4. The van der Waals surface area contributed by atoms with Crippen molar-refractivity contribution in [2.24, 2.45) is 5.92 Å². The molecule has 1 saturated carbocycles. The molecule has 1 aliphatic rings. The Hall–Kier alpha value is -0.610. The van der Waals surface area contributed by atoms with Gasteiger partial charge in [-0.25, -0.2) is 4.79 Å². The van der Waals surface area contributed by atoms with E-state index in [0.717, 1.165) is 32.5 Å². The van der Waals surface area contributed by atoms with Crippen LogP contribution >= 0.6 is 0 Å². The number of rotatable bonds is 9. The van der Waals surface area contributed by atoms with Crippen molar-refractivity contribution in [3.05, 3.63) is 0 Å². The first-order valence-electron chi connectivity index (χ1n) is 7.68. The average molecular weight is 270 g/mol. The third kappa shape index (κ3) is 3.93. The number of hydrogen-bond donors (Lipinski definition) is 1. The van der Waals surface area contributed by atoms with E-state index in [1.807, 2.05) is 6.92 Å². The van der Waals surface area contributed by atoms with Crippen LogP contribution in [0.15, 0.2) is 0 Å². The summed E-state index contributed by atoms with van der Waals surface area (Å²) in [6, 6.07) is 0.441. The first kappa shape index (κ1) is 16.4. The Morgan fingerprint density at radius 2 is 2.00 bits per heavy atom. The van der Waals surface area contributed by atoms with Crippen LogP contribution < -0.4 is 5.32 Å². The van der Waals surface area contributed by atoms with Gasteiger partial charge in [-0.2, -0.15) is 0 Å². The lowest BCUT2D eigenvalue weighted by molar-refractivity contribution is -0.153. The maximum atomic E-state index is 12.5. The van der Waals surface area contributed by atoms with E-state index in [2.05, 4.69) is 37.9 Å². The predicted octanol–water partition coefficient (Wildman–Crippen LogP) is 2.04. The Labute approximate surface area is 117 Å². The monoisotopic (exact) mass is 270 g/mol. The Balaban J connectivity index is 2.91. The SMILES string of the molecule is CCNC(CN(CC)C(C)C)(C(=O)OCC)C1CC1. The number of carbonyl (C=O) groups is 1. The standard InChI is InChI=1S/C15H30N2O2/c1-6-16-15(13-9-10-13,14(18)19-8-3)11-17(7-2)12(4)5/h12-13,16H,6-11H2,1-5H3. The van der Waals surface area contributed by atoms with Crippen LogP contribution in [0.3, 0.4) is 0 Å². The summed E-state index contributed by atoms with van der Waals surface area (Å²) in [5, 5.41) is 3.45. The summed E-state index contributed by atoms with van der Waals surface area (Å²) in [5.74, 6) is 0.359. The molecule has 0 bridgehead atoms. The number of nitrogens with one attached hydrogen (secondary N) is 1. The smallest absolute Gasteiger partial charge is 0.327 e. The van der Waals surface area contributed by atoms with E-state index in [4.69, 9.17) is 4.74 Å². The average Bonchev–Trinajstić information content (AvgIpc) is 3.18. The van der Waals surface area contributed by atoms with E-state index in [9.17, 15) is 4.79 Å². The van der Waals surface area contributed by atoms with Crippen LogP contribution in [0.2, 0.25) is 0 Å². The van der Waals surface area contributed by atoms with Crippen LogP contribution in [-0.4, -0.2) is 48.7 Å². The van der Waals surface area contributed by atoms with E-state index in [0.29, 0.717) is 18.6 Å². The predicted molar refractivity (Wildman–Crippen MR) is 78.1 cm³/mol. The zero-order valence-corrected chi connectivity index (χ0v) is 13.2. The maximum absolute atomic E-state index is 12.5.